The minimum Gasteiger partial charge on any atom is -0.551 e. The molecule has 48 heavy (non-hydrogen) atoms. The Morgan fingerprint density at radius 3 is 2.15 bits per heavy atom. The normalized spacial score (nSPS) is 12.2. The number of unbranched alkanes of at least 4 members (excludes halogenated alkanes) is 7. The molecule has 0 fully saturated rings. The van der Waals surface area contributed by atoms with Gasteiger partial charge in [0.05, 0.1) is 21.3 Å². The number of rotatable bonds is 20. The largest absolute Gasteiger partial charge is 2.00 e. The van der Waals surface area contributed by atoms with E-state index in [2.05, 4.69) is 87.9 Å². The molecule has 0 aliphatic heterocycles. The van der Waals surface area contributed by atoms with E-state index in [1.165, 1.54) is 67.9 Å². The number of esters is 1. The van der Waals surface area contributed by atoms with Crippen molar-refractivity contribution in [2.75, 3.05) is 27.9 Å². The van der Waals surface area contributed by atoms with Gasteiger partial charge in [0.2, 0.25) is 0 Å². The molecule has 0 aliphatic rings. The molecule has 0 aliphatic carbocycles. The van der Waals surface area contributed by atoms with E-state index in [1.807, 2.05) is 13.0 Å². The molecule has 6 heteroatoms. The molecule has 0 radical (unpaired) electrons. The average molecular weight is 885 g/mol. The van der Waals surface area contributed by atoms with Crippen LogP contribution in [0.5, 0.6) is 17.2 Å². The molecular formula is C42H62O5U. The van der Waals surface area contributed by atoms with Crippen LogP contribution in [-0.4, -0.2) is 33.9 Å². The minimum absolute atomic E-state index is 0. The van der Waals surface area contributed by atoms with Gasteiger partial charge in [0.25, 0.3) is 0 Å². The molecule has 0 aromatic heterocycles. The molecule has 0 amide bonds. The summed E-state index contributed by atoms with van der Waals surface area (Å²) >= 11 is 0. The van der Waals surface area contributed by atoms with Crippen molar-refractivity contribution in [3.63, 3.8) is 0 Å². The van der Waals surface area contributed by atoms with Crippen LogP contribution >= 0.6 is 0 Å². The SMILES string of the molecule is CCCCCC/C=C/CCCCCC(=O)OC.[CH2-]COc1[c-]cc(CCC)c(C(/C=c2/ccc(OC)c(OC)/c2=C/C)=C(/C)CC)c1.[U+2]. The number of benzene rings is 2. The average Bonchev–Trinajstić information content (AvgIpc) is 3.09. The van der Waals surface area contributed by atoms with E-state index in [4.69, 9.17) is 14.2 Å². The molecule has 5 nitrogen and oxygen atoms in total. The second-order valence-electron chi connectivity index (χ2n) is 11.6. The molecule has 0 atom stereocenters. The fraction of sp³-hybridized carbons (Fsp3) is 0.524. The maximum absolute atomic E-state index is 10.8. The van der Waals surface area contributed by atoms with Crippen LogP contribution in [-0.2, 0) is 16.0 Å². The Kier molecular flexibility index (Phi) is 27.0. The van der Waals surface area contributed by atoms with Gasteiger partial charge in [0.1, 0.15) is 0 Å². The first-order chi connectivity index (χ1) is 22.8. The van der Waals surface area contributed by atoms with Gasteiger partial charge in [-0.1, -0.05) is 89.2 Å². The number of ether oxygens (including phenoxy) is 4. The van der Waals surface area contributed by atoms with Gasteiger partial charge in [0.15, 0.2) is 11.5 Å². The van der Waals surface area contributed by atoms with Gasteiger partial charge < -0.3 is 25.9 Å². The third-order valence-electron chi connectivity index (χ3n) is 8.14. The third-order valence-corrected chi connectivity index (χ3v) is 8.14. The van der Waals surface area contributed by atoms with Crippen molar-refractivity contribution < 1.29 is 54.9 Å². The molecule has 0 unspecified atom stereocenters. The van der Waals surface area contributed by atoms with Crippen molar-refractivity contribution in [2.45, 2.75) is 118 Å². The first kappa shape index (κ1) is 45.6. The standard InChI is InChI=1S/C27H34O3.C15H28O2.U/c1-8-12-20-13-15-22(30-11-4)18-25(20)24(19(5)9-2)17-21-14-16-26(28-6)27(29-7)23(21)10-3;1-3-4-5-6-7-8-9-10-11-12-13-14-15(16)17-2;/h10,13-14,16-18H,4,8-9,11-12H2,1-3,5-7H3;8-9H,3-7,10-14H2,1-2H3;/q-2;;+2/b21-17-,23-10+,24-19-;9-8+;. The smallest absolute Gasteiger partial charge is 0.551 e. The van der Waals surface area contributed by atoms with E-state index in [1.54, 1.807) is 14.2 Å². The van der Waals surface area contributed by atoms with Crippen LogP contribution in [0.15, 0.2) is 42.0 Å². The second-order valence-corrected chi connectivity index (χ2v) is 11.6. The van der Waals surface area contributed by atoms with Crippen LogP contribution < -0.4 is 24.6 Å². The van der Waals surface area contributed by atoms with Crippen LogP contribution in [0.4, 0.5) is 0 Å². The number of hydrogen-bond acceptors (Lipinski definition) is 5. The topological polar surface area (TPSA) is 54.0 Å². The Morgan fingerprint density at radius 1 is 0.917 bits per heavy atom. The summed E-state index contributed by atoms with van der Waals surface area (Å²) < 4.78 is 21.4. The molecule has 2 aromatic rings. The summed E-state index contributed by atoms with van der Waals surface area (Å²) in [6, 6.07) is 11.4. The Labute approximate surface area is 316 Å². The first-order valence-corrected chi connectivity index (χ1v) is 17.6. The van der Waals surface area contributed by atoms with Gasteiger partial charge in [-0.15, -0.1) is 23.3 Å². The number of aryl methyl sites for hydroxylation is 1. The molecule has 2 aromatic carbocycles. The molecule has 0 heterocycles. The van der Waals surface area contributed by atoms with E-state index in [0.29, 0.717) is 13.0 Å². The summed E-state index contributed by atoms with van der Waals surface area (Å²) in [4.78, 5) is 10.8. The van der Waals surface area contributed by atoms with E-state index in [0.717, 1.165) is 66.2 Å². The minimum atomic E-state index is -0.0866. The number of methoxy groups -OCH3 is 3. The van der Waals surface area contributed by atoms with Crippen molar-refractivity contribution >= 4 is 23.7 Å². The van der Waals surface area contributed by atoms with Crippen molar-refractivity contribution in [3.8, 4) is 17.2 Å². The summed E-state index contributed by atoms with van der Waals surface area (Å²) in [5.41, 5.74) is 4.99. The van der Waals surface area contributed by atoms with Crippen LogP contribution in [0.3, 0.4) is 0 Å². The summed E-state index contributed by atoms with van der Waals surface area (Å²) in [6.07, 6.45) is 23.5. The number of hydrogen-bond donors (Lipinski definition) is 0. The van der Waals surface area contributed by atoms with Crippen LogP contribution in [0.2, 0.25) is 0 Å². The first-order valence-electron chi connectivity index (χ1n) is 17.6. The third kappa shape index (κ3) is 16.8. The molecule has 264 valence electrons. The van der Waals surface area contributed by atoms with Crippen molar-refractivity contribution in [2.24, 2.45) is 0 Å². The Hall–Kier alpha value is -2.42. The Morgan fingerprint density at radius 2 is 1.60 bits per heavy atom. The summed E-state index contributed by atoms with van der Waals surface area (Å²) in [5, 5.41) is 2.11. The maximum atomic E-state index is 10.8. The zero-order valence-corrected chi connectivity index (χ0v) is 35.4. The Balaban J connectivity index is 0.00000105. The fourth-order valence-electron chi connectivity index (χ4n) is 5.32. The number of carbonyl (C=O) groups excluding carboxylic acids is 1. The zero-order valence-electron chi connectivity index (χ0n) is 31.3. The van der Waals surface area contributed by atoms with Gasteiger partial charge in [-0.05, 0) is 81.9 Å². The van der Waals surface area contributed by atoms with Gasteiger partial charge >= 0.3 is 37.1 Å². The Bertz CT molecular complexity index is 1360. The van der Waals surface area contributed by atoms with E-state index < -0.39 is 0 Å². The maximum Gasteiger partial charge on any atom is 2.00 e. The van der Waals surface area contributed by atoms with E-state index in [9.17, 15) is 4.79 Å². The van der Waals surface area contributed by atoms with Gasteiger partial charge in [-0.3, -0.25) is 4.79 Å². The molecule has 0 bridgehead atoms. The number of carbonyl (C=O) groups is 1. The summed E-state index contributed by atoms with van der Waals surface area (Å²) in [7, 11) is 4.79. The van der Waals surface area contributed by atoms with Gasteiger partial charge in [0, 0.05) is 17.4 Å². The van der Waals surface area contributed by atoms with Crippen molar-refractivity contribution in [1.29, 1.82) is 0 Å². The molecule has 2 rings (SSSR count). The van der Waals surface area contributed by atoms with Crippen molar-refractivity contribution in [1.82, 2.24) is 0 Å². The monoisotopic (exact) mass is 885 g/mol. The quantitative estimate of drug-likeness (QED) is 0.0574. The summed E-state index contributed by atoms with van der Waals surface area (Å²) in [6.45, 7) is 15.0. The zero-order chi connectivity index (χ0) is 34.9. The second kappa shape index (κ2) is 28.4. The molecular weight excluding hydrogens is 822 g/mol. The van der Waals surface area contributed by atoms with Gasteiger partial charge in [-0.25, -0.2) is 0 Å². The predicted octanol–water partition coefficient (Wildman–Crippen LogP) is 9.77. The predicted molar refractivity (Wildman–Crippen MR) is 199 cm³/mol. The van der Waals surface area contributed by atoms with Crippen molar-refractivity contribution in [3.05, 3.63) is 76.5 Å². The molecule has 0 spiro atoms. The molecule has 0 N–H and O–H groups in total. The van der Waals surface area contributed by atoms with Gasteiger partial charge in [-0.2, -0.15) is 6.07 Å². The van der Waals surface area contributed by atoms with E-state index >= 15 is 0 Å². The summed E-state index contributed by atoms with van der Waals surface area (Å²) in [5.74, 6) is 2.12. The van der Waals surface area contributed by atoms with E-state index in [-0.39, 0.29) is 37.1 Å². The molecule has 0 saturated heterocycles. The molecule has 0 saturated carbocycles. The van der Waals surface area contributed by atoms with Crippen LogP contribution in [0.25, 0.3) is 17.7 Å². The number of allylic oxidation sites excluding steroid dienone is 4. The van der Waals surface area contributed by atoms with Crippen LogP contribution in [0.1, 0.15) is 123 Å². The van der Waals surface area contributed by atoms with Crippen LogP contribution in [0, 0.1) is 44.1 Å². The fourth-order valence-corrected chi connectivity index (χ4v) is 5.32.